The van der Waals surface area contributed by atoms with Crippen LogP contribution in [0.2, 0.25) is 0 Å². The predicted molar refractivity (Wildman–Crippen MR) is 95.5 cm³/mol. The SMILES string of the molecule is CC(C)(C)OC(=O)NCC1CCN(C(=O)COc2ccccc2)CC1. The smallest absolute Gasteiger partial charge is 0.407 e. The Balaban J connectivity index is 1.65. The van der Waals surface area contributed by atoms with E-state index >= 15 is 0 Å². The summed E-state index contributed by atoms with van der Waals surface area (Å²) < 4.78 is 10.7. The van der Waals surface area contributed by atoms with Gasteiger partial charge in [0, 0.05) is 19.6 Å². The van der Waals surface area contributed by atoms with Crippen LogP contribution in [0.15, 0.2) is 30.3 Å². The van der Waals surface area contributed by atoms with Gasteiger partial charge in [-0.3, -0.25) is 4.79 Å². The fourth-order valence-corrected chi connectivity index (χ4v) is 2.68. The predicted octanol–water partition coefficient (Wildman–Crippen LogP) is 2.83. The first-order valence-corrected chi connectivity index (χ1v) is 8.76. The number of hydrogen-bond acceptors (Lipinski definition) is 4. The molecule has 25 heavy (non-hydrogen) atoms. The number of alkyl carbamates (subject to hydrolysis) is 1. The van der Waals surface area contributed by atoms with Gasteiger partial charge in [-0.05, 0) is 51.7 Å². The number of para-hydroxylation sites is 1. The Morgan fingerprint density at radius 3 is 2.40 bits per heavy atom. The minimum atomic E-state index is -0.487. The van der Waals surface area contributed by atoms with Gasteiger partial charge >= 0.3 is 6.09 Å². The Morgan fingerprint density at radius 1 is 1.16 bits per heavy atom. The summed E-state index contributed by atoms with van der Waals surface area (Å²) in [6.07, 6.45) is 1.35. The van der Waals surface area contributed by atoms with Crippen molar-refractivity contribution in [2.45, 2.75) is 39.2 Å². The van der Waals surface area contributed by atoms with E-state index in [0.717, 1.165) is 12.8 Å². The zero-order valence-corrected chi connectivity index (χ0v) is 15.3. The van der Waals surface area contributed by atoms with E-state index in [9.17, 15) is 9.59 Å². The maximum absolute atomic E-state index is 12.2. The average Bonchev–Trinajstić information content (AvgIpc) is 2.58. The lowest BCUT2D eigenvalue weighted by molar-refractivity contribution is -0.134. The van der Waals surface area contributed by atoms with Crippen molar-refractivity contribution in [3.05, 3.63) is 30.3 Å². The lowest BCUT2D eigenvalue weighted by Gasteiger charge is -2.32. The summed E-state index contributed by atoms with van der Waals surface area (Å²) in [6, 6.07) is 9.33. The fourth-order valence-electron chi connectivity index (χ4n) is 2.68. The number of nitrogens with one attached hydrogen (secondary N) is 1. The van der Waals surface area contributed by atoms with Crippen LogP contribution in [0.3, 0.4) is 0 Å². The zero-order valence-electron chi connectivity index (χ0n) is 15.3. The second-order valence-electron chi connectivity index (χ2n) is 7.31. The highest BCUT2D eigenvalue weighted by Gasteiger charge is 2.24. The molecule has 6 nitrogen and oxygen atoms in total. The Hall–Kier alpha value is -2.24. The summed E-state index contributed by atoms with van der Waals surface area (Å²) in [5.74, 6) is 1.07. The third kappa shape index (κ3) is 7.03. The number of amides is 2. The van der Waals surface area contributed by atoms with Crippen molar-refractivity contribution in [2.24, 2.45) is 5.92 Å². The van der Waals surface area contributed by atoms with E-state index in [1.165, 1.54) is 0 Å². The molecule has 6 heteroatoms. The second-order valence-corrected chi connectivity index (χ2v) is 7.31. The number of rotatable bonds is 5. The lowest BCUT2D eigenvalue weighted by atomic mass is 9.97. The van der Waals surface area contributed by atoms with Crippen LogP contribution in [0.1, 0.15) is 33.6 Å². The normalized spacial score (nSPS) is 15.6. The Morgan fingerprint density at radius 2 is 1.80 bits per heavy atom. The van der Waals surface area contributed by atoms with Crippen molar-refractivity contribution < 1.29 is 19.1 Å². The van der Waals surface area contributed by atoms with Crippen LogP contribution in [0.4, 0.5) is 4.79 Å². The molecule has 1 aromatic carbocycles. The zero-order chi connectivity index (χ0) is 18.3. The molecule has 0 spiro atoms. The standard InChI is InChI=1S/C19H28N2O4/c1-19(2,3)25-18(23)20-13-15-9-11-21(12-10-15)17(22)14-24-16-7-5-4-6-8-16/h4-8,15H,9-14H2,1-3H3,(H,20,23). The van der Waals surface area contributed by atoms with Gasteiger partial charge in [0.1, 0.15) is 11.4 Å². The van der Waals surface area contributed by atoms with Gasteiger partial charge in [-0.15, -0.1) is 0 Å². The Bertz CT molecular complexity index is 561. The molecule has 0 radical (unpaired) electrons. The highest BCUT2D eigenvalue weighted by molar-refractivity contribution is 5.77. The second kappa shape index (κ2) is 8.74. The molecule has 1 aliphatic rings. The molecule has 1 heterocycles. The van der Waals surface area contributed by atoms with Gasteiger partial charge in [0.2, 0.25) is 0 Å². The number of benzene rings is 1. The number of piperidine rings is 1. The van der Waals surface area contributed by atoms with Crippen LogP contribution in [0, 0.1) is 5.92 Å². The number of hydrogen-bond donors (Lipinski definition) is 1. The molecule has 1 aromatic rings. The highest BCUT2D eigenvalue weighted by Crippen LogP contribution is 2.17. The van der Waals surface area contributed by atoms with Crippen LogP contribution < -0.4 is 10.1 Å². The Kier molecular flexibility index (Phi) is 6.67. The van der Waals surface area contributed by atoms with E-state index in [-0.39, 0.29) is 18.6 Å². The summed E-state index contributed by atoms with van der Waals surface area (Å²) in [5, 5.41) is 2.81. The molecule has 1 aliphatic heterocycles. The first kappa shape index (κ1) is 19.1. The van der Waals surface area contributed by atoms with Gasteiger partial charge in [0.05, 0.1) is 0 Å². The van der Waals surface area contributed by atoms with Crippen LogP contribution in [0.5, 0.6) is 5.75 Å². The summed E-state index contributed by atoms with van der Waals surface area (Å²) >= 11 is 0. The van der Waals surface area contributed by atoms with E-state index in [1.54, 1.807) is 0 Å². The van der Waals surface area contributed by atoms with Gasteiger partial charge in [-0.2, -0.15) is 0 Å². The van der Waals surface area contributed by atoms with Crippen LogP contribution in [-0.4, -0.2) is 48.7 Å². The van der Waals surface area contributed by atoms with Crippen LogP contribution in [0.25, 0.3) is 0 Å². The minimum Gasteiger partial charge on any atom is -0.484 e. The van der Waals surface area contributed by atoms with Crippen molar-refractivity contribution >= 4 is 12.0 Å². The number of likely N-dealkylation sites (tertiary alicyclic amines) is 1. The summed E-state index contributed by atoms with van der Waals surface area (Å²) in [4.78, 5) is 25.7. The van der Waals surface area contributed by atoms with Gasteiger partial charge in [0.25, 0.3) is 5.91 Å². The van der Waals surface area contributed by atoms with Crippen LogP contribution in [-0.2, 0) is 9.53 Å². The maximum atomic E-state index is 12.2. The summed E-state index contributed by atoms with van der Waals surface area (Å²) in [6.45, 7) is 7.55. The first-order chi connectivity index (χ1) is 11.8. The minimum absolute atomic E-state index is 0.00223. The van der Waals surface area contributed by atoms with Gasteiger partial charge < -0.3 is 19.7 Å². The molecule has 1 N–H and O–H groups in total. The number of carbonyl (C=O) groups excluding carboxylic acids is 2. The molecule has 0 aliphatic carbocycles. The van der Waals surface area contributed by atoms with Crippen LogP contribution >= 0.6 is 0 Å². The molecule has 2 amide bonds. The molecule has 0 aromatic heterocycles. The third-order valence-corrected chi connectivity index (χ3v) is 4.01. The maximum Gasteiger partial charge on any atom is 0.407 e. The number of nitrogens with zero attached hydrogens (tertiary/aromatic N) is 1. The van der Waals surface area contributed by atoms with Gasteiger partial charge in [-0.25, -0.2) is 4.79 Å². The molecule has 0 bridgehead atoms. The topological polar surface area (TPSA) is 67.9 Å². The summed E-state index contributed by atoms with van der Waals surface area (Å²) in [7, 11) is 0. The van der Waals surface area contributed by atoms with Crippen molar-refractivity contribution in [1.29, 1.82) is 0 Å². The van der Waals surface area contributed by atoms with E-state index in [0.29, 0.717) is 31.3 Å². The van der Waals surface area contributed by atoms with E-state index in [4.69, 9.17) is 9.47 Å². The quantitative estimate of drug-likeness (QED) is 0.888. The molecule has 0 atom stereocenters. The molecule has 1 saturated heterocycles. The molecule has 1 fully saturated rings. The lowest BCUT2D eigenvalue weighted by Crippen LogP contribution is -2.43. The van der Waals surface area contributed by atoms with Crippen molar-refractivity contribution in [3.8, 4) is 5.75 Å². The molecule has 138 valence electrons. The van der Waals surface area contributed by atoms with Gasteiger partial charge in [0.15, 0.2) is 6.61 Å². The molecular weight excluding hydrogens is 320 g/mol. The van der Waals surface area contributed by atoms with E-state index in [2.05, 4.69) is 5.32 Å². The van der Waals surface area contributed by atoms with Gasteiger partial charge in [-0.1, -0.05) is 18.2 Å². The van der Waals surface area contributed by atoms with Crippen molar-refractivity contribution in [3.63, 3.8) is 0 Å². The third-order valence-electron chi connectivity index (χ3n) is 4.01. The number of carbonyl (C=O) groups is 2. The summed E-state index contributed by atoms with van der Waals surface area (Å²) in [5.41, 5.74) is -0.487. The largest absolute Gasteiger partial charge is 0.484 e. The highest BCUT2D eigenvalue weighted by atomic mass is 16.6. The van der Waals surface area contributed by atoms with E-state index < -0.39 is 5.60 Å². The van der Waals surface area contributed by atoms with E-state index in [1.807, 2.05) is 56.0 Å². The monoisotopic (exact) mass is 348 g/mol. The fraction of sp³-hybridized carbons (Fsp3) is 0.579. The number of ether oxygens (including phenoxy) is 2. The Labute approximate surface area is 149 Å². The van der Waals surface area contributed by atoms with Crippen molar-refractivity contribution in [2.75, 3.05) is 26.2 Å². The van der Waals surface area contributed by atoms with Crippen molar-refractivity contribution in [1.82, 2.24) is 10.2 Å². The molecule has 0 saturated carbocycles. The molecule has 2 rings (SSSR count). The molecule has 0 unspecified atom stereocenters. The first-order valence-electron chi connectivity index (χ1n) is 8.76. The average molecular weight is 348 g/mol. The molecular formula is C19H28N2O4.